The first kappa shape index (κ1) is 13.9. The van der Waals surface area contributed by atoms with Crippen LogP contribution < -0.4 is 11.1 Å². The number of nitrogens with two attached hydrogens (primary N) is 1. The van der Waals surface area contributed by atoms with E-state index < -0.39 is 0 Å². The van der Waals surface area contributed by atoms with E-state index in [-0.39, 0.29) is 11.9 Å². The Morgan fingerprint density at radius 1 is 1.47 bits per heavy atom. The van der Waals surface area contributed by atoms with Crippen molar-refractivity contribution < 1.29 is 9.53 Å². The molecule has 0 radical (unpaired) electrons. The number of carbonyl (C=O) groups is 1. The van der Waals surface area contributed by atoms with Crippen molar-refractivity contribution >= 4 is 11.6 Å². The Bertz CT molecular complexity index is 411. The summed E-state index contributed by atoms with van der Waals surface area (Å²) in [6.07, 6.45) is 2.31. The van der Waals surface area contributed by atoms with Gasteiger partial charge in [0.05, 0.1) is 6.61 Å². The van der Waals surface area contributed by atoms with Gasteiger partial charge in [-0.1, -0.05) is 12.1 Å². The molecule has 19 heavy (non-hydrogen) atoms. The number of hydrogen-bond acceptors (Lipinski definition) is 3. The fourth-order valence-electron chi connectivity index (χ4n) is 2.33. The van der Waals surface area contributed by atoms with E-state index in [1.807, 2.05) is 24.3 Å². The Hall–Kier alpha value is -1.55. The number of aryl methyl sites for hydroxylation is 1. The third-order valence-electron chi connectivity index (χ3n) is 3.68. The van der Waals surface area contributed by atoms with Gasteiger partial charge in [-0.05, 0) is 37.5 Å². The van der Waals surface area contributed by atoms with Gasteiger partial charge in [0.15, 0.2) is 0 Å². The number of anilines is 1. The molecule has 4 heteroatoms. The summed E-state index contributed by atoms with van der Waals surface area (Å²) < 4.78 is 5.34. The van der Waals surface area contributed by atoms with Gasteiger partial charge >= 0.3 is 0 Å². The van der Waals surface area contributed by atoms with Crippen molar-refractivity contribution in [3.8, 4) is 0 Å². The molecule has 1 aromatic rings. The number of amides is 1. The quantitative estimate of drug-likeness (QED) is 0.794. The first-order valence-electron chi connectivity index (χ1n) is 6.86. The Balaban J connectivity index is 1.73. The van der Waals surface area contributed by atoms with E-state index in [0.29, 0.717) is 12.3 Å². The number of rotatable bonds is 5. The Labute approximate surface area is 114 Å². The second-order valence-electron chi connectivity index (χ2n) is 5.22. The first-order valence-corrected chi connectivity index (χ1v) is 6.86. The highest BCUT2D eigenvalue weighted by molar-refractivity contribution is 5.76. The van der Waals surface area contributed by atoms with Crippen LogP contribution in [0.2, 0.25) is 0 Å². The Morgan fingerprint density at radius 3 is 2.84 bits per heavy atom. The summed E-state index contributed by atoms with van der Waals surface area (Å²) in [6, 6.07) is 7.87. The van der Waals surface area contributed by atoms with Crippen molar-refractivity contribution in [1.29, 1.82) is 0 Å². The van der Waals surface area contributed by atoms with Crippen LogP contribution in [0.3, 0.4) is 0 Å². The fraction of sp³-hybridized carbons (Fsp3) is 0.533. The SMILES string of the molecule is CC(NC(=O)CCc1ccc(N)cc1)C1CCOC1. The molecule has 2 unspecified atom stereocenters. The van der Waals surface area contributed by atoms with Crippen molar-refractivity contribution in [3.05, 3.63) is 29.8 Å². The van der Waals surface area contributed by atoms with Gasteiger partial charge in [0.25, 0.3) is 0 Å². The second-order valence-corrected chi connectivity index (χ2v) is 5.22. The van der Waals surface area contributed by atoms with Gasteiger partial charge in [0.1, 0.15) is 0 Å². The molecule has 0 spiro atoms. The highest BCUT2D eigenvalue weighted by Crippen LogP contribution is 2.16. The van der Waals surface area contributed by atoms with Crippen LogP contribution in [0.25, 0.3) is 0 Å². The van der Waals surface area contributed by atoms with Crippen molar-refractivity contribution in [1.82, 2.24) is 5.32 Å². The average molecular weight is 262 g/mol. The zero-order valence-electron chi connectivity index (χ0n) is 11.4. The van der Waals surface area contributed by atoms with Crippen LogP contribution in [0.15, 0.2) is 24.3 Å². The van der Waals surface area contributed by atoms with Crippen molar-refractivity contribution in [2.75, 3.05) is 18.9 Å². The van der Waals surface area contributed by atoms with Gasteiger partial charge in [-0.2, -0.15) is 0 Å². The summed E-state index contributed by atoms with van der Waals surface area (Å²) in [5, 5.41) is 3.06. The molecule has 1 aliphatic heterocycles. The highest BCUT2D eigenvalue weighted by atomic mass is 16.5. The zero-order valence-corrected chi connectivity index (χ0v) is 11.4. The summed E-state index contributed by atoms with van der Waals surface area (Å²) in [6.45, 7) is 3.64. The monoisotopic (exact) mass is 262 g/mol. The van der Waals surface area contributed by atoms with E-state index >= 15 is 0 Å². The molecule has 1 saturated heterocycles. The molecule has 0 aliphatic carbocycles. The Kier molecular flexibility index (Phi) is 4.80. The summed E-state index contributed by atoms with van der Waals surface area (Å²) in [5.41, 5.74) is 7.52. The number of hydrogen-bond donors (Lipinski definition) is 2. The van der Waals surface area contributed by atoms with Gasteiger partial charge in [-0.3, -0.25) is 4.79 Å². The van der Waals surface area contributed by atoms with Crippen molar-refractivity contribution in [2.45, 2.75) is 32.2 Å². The minimum Gasteiger partial charge on any atom is -0.399 e. The van der Waals surface area contributed by atoms with Crippen molar-refractivity contribution in [3.63, 3.8) is 0 Å². The molecule has 1 heterocycles. The lowest BCUT2D eigenvalue weighted by Crippen LogP contribution is -2.38. The number of nitrogens with one attached hydrogen (secondary N) is 1. The molecule has 1 aromatic carbocycles. The van der Waals surface area contributed by atoms with Gasteiger partial charge < -0.3 is 15.8 Å². The van der Waals surface area contributed by atoms with Crippen LogP contribution in [0.1, 0.15) is 25.3 Å². The maximum Gasteiger partial charge on any atom is 0.220 e. The molecule has 3 N–H and O–H groups in total. The molecule has 0 saturated carbocycles. The van der Waals surface area contributed by atoms with Gasteiger partial charge in [-0.25, -0.2) is 0 Å². The van der Waals surface area contributed by atoms with Gasteiger partial charge in [0, 0.05) is 30.7 Å². The van der Waals surface area contributed by atoms with E-state index in [4.69, 9.17) is 10.5 Å². The number of ether oxygens (including phenoxy) is 1. The molecule has 104 valence electrons. The molecule has 4 nitrogen and oxygen atoms in total. The van der Waals surface area contributed by atoms with Crippen LogP contribution in [-0.4, -0.2) is 25.2 Å². The van der Waals surface area contributed by atoms with E-state index in [9.17, 15) is 4.79 Å². The summed E-state index contributed by atoms with van der Waals surface area (Å²) in [7, 11) is 0. The van der Waals surface area contributed by atoms with Crippen LogP contribution in [0.5, 0.6) is 0 Å². The lowest BCUT2D eigenvalue weighted by Gasteiger charge is -2.19. The van der Waals surface area contributed by atoms with Crippen LogP contribution >= 0.6 is 0 Å². The Morgan fingerprint density at radius 2 is 2.21 bits per heavy atom. The van der Waals surface area contributed by atoms with Crippen LogP contribution in [0, 0.1) is 5.92 Å². The predicted molar refractivity (Wildman–Crippen MR) is 75.7 cm³/mol. The molecule has 1 amide bonds. The topological polar surface area (TPSA) is 64.4 Å². The van der Waals surface area contributed by atoms with Gasteiger partial charge in [0.2, 0.25) is 5.91 Å². The predicted octanol–water partition coefficient (Wildman–Crippen LogP) is 1.74. The maximum absolute atomic E-state index is 11.9. The van der Waals surface area contributed by atoms with Crippen LogP contribution in [-0.2, 0) is 16.0 Å². The normalized spacial score (nSPS) is 20.2. The fourth-order valence-corrected chi connectivity index (χ4v) is 2.33. The molecule has 2 rings (SSSR count). The lowest BCUT2D eigenvalue weighted by atomic mass is 10.0. The number of carbonyl (C=O) groups excluding carboxylic acids is 1. The second kappa shape index (κ2) is 6.57. The van der Waals surface area contributed by atoms with E-state index in [2.05, 4.69) is 12.2 Å². The maximum atomic E-state index is 11.9. The largest absolute Gasteiger partial charge is 0.399 e. The molecule has 2 atom stereocenters. The van der Waals surface area contributed by atoms with Gasteiger partial charge in [-0.15, -0.1) is 0 Å². The molecular weight excluding hydrogens is 240 g/mol. The minimum atomic E-state index is 0.108. The minimum absolute atomic E-state index is 0.108. The standard InChI is InChI=1S/C15H22N2O2/c1-11(13-8-9-19-10-13)17-15(18)7-4-12-2-5-14(16)6-3-12/h2-3,5-6,11,13H,4,7-10,16H2,1H3,(H,17,18). The lowest BCUT2D eigenvalue weighted by molar-refractivity contribution is -0.122. The number of benzene rings is 1. The summed E-state index contributed by atoms with van der Waals surface area (Å²) in [5.74, 6) is 0.566. The molecule has 0 aromatic heterocycles. The average Bonchev–Trinajstić information content (AvgIpc) is 2.92. The molecule has 0 bridgehead atoms. The zero-order chi connectivity index (χ0) is 13.7. The van der Waals surface area contributed by atoms with E-state index in [1.54, 1.807) is 0 Å². The molecule has 1 aliphatic rings. The molecular formula is C15H22N2O2. The molecule has 1 fully saturated rings. The highest BCUT2D eigenvalue weighted by Gasteiger charge is 2.23. The first-order chi connectivity index (χ1) is 9.15. The third kappa shape index (κ3) is 4.24. The smallest absolute Gasteiger partial charge is 0.220 e. The summed E-state index contributed by atoms with van der Waals surface area (Å²) >= 11 is 0. The van der Waals surface area contributed by atoms with Crippen LogP contribution in [0.4, 0.5) is 5.69 Å². The summed E-state index contributed by atoms with van der Waals surface area (Å²) in [4.78, 5) is 11.9. The third-order valence-corrected chi connectivity index (χ3v) is 3.68. The van der Waals surface area contributed by atoms with E-state index in [1.165, 1.54) is 0 Å². The van der Waals surface area contributed by atoms with Crippen molar-refractivity contribution in [2.24, 2.45) is 5.92 Å². The number of nitrogen functional groups attached to an aromatic ring is 1. The van der Waals surface area contributed by atoms with E-state index in [0.717, 1.165) is 37.3 Å².